The Balaban J connectivity index is 2.05. The van der Waals surface area contributed by atoms with Crippen LogP contribution >= 0.6 is 0 Å². The summed E-state index contributed by atoms with van der Waals surface area (Å²) >= 11 is 0. The first-order valence-corrected chi connectivity index (χ1v) is 4.32. The van der Waals surface area contributed by atoms with E-state index in [-0.39, 0.29) is 0 Å². The molecule has 2 rings (SSSR count). The van der Waals surface area contributed by atoms with E-state index < -0.39 is 0 Å². The van der Waals surface area contributed by atoms with Crippen molar-refractivity contribution in [1.29, 1.82) is 0 Å². The summed E-state index contributed by atoms with van der Waals surface area (Å²) in [6, 6.07) is 9.84. The van der Waals surface area contributed by atoms with Gasteiger partial charge in [-0.25, -0.2) is 0 Å². The number of para-hydroxylation sites is 1. The average molecular weight is 173 g/mol. The summed E-state index contributed by atoms with van der Waals surface area (Å²) < 4.78 is 0. The molecule has 0 spiro atoms. The number of rotatable bonds is 2. The molecule has 1 heterocycles. The van der Waals surface area contributed by atoms with Crippen LogP contribution in [0.25, 0.3) is 0 Å². The van der Waals surface area contributed by atoms with Gasteiger partial charge in [-0.15, -0.1) is 0 Å². The molecule has 1 aliphatic heterocycles. The van der Waals surface area contributed by atoms with Crippen molar-refractivity contribution in [2.75, 3.05) is 13.1 Å². The molecule has 66 valence electrons. The van der Waals surface area contributed by atoms with Crippen LogP contribution in [0.15, 0.2) is 40.3 Å². The summed E-state index contributed by atoms with van der Waals surface area (Å²) in [5.74, 6) is 0.879. The van der Waals surface area contributed by atoms with Crippen LogP contribution in [0, 0.1) is 0 Å². The quantitative estimate of drug-likeness (QED) is 0.674. The number of amidine groups is 1. The fraction of sp³-hybridized carbons (Fsp3) is 0.200. The van der Waals surface area contributed by atoms with E-state index in [1.165, 1.54) is 0 Å². The second kappa shape index (κ2) is 3.85. The standard InChI is InChI=1S/C10H11N3/c1-2-4-9(5-3-1)13-8-10-11-6-7-12-10/h1-5,8H,6-7H2,(H,11,12). The third kappa shape index (κ3) is 2.15. The zero-order chi connectivity index (χ0) is 8.93. The summed E-state index contributed by atoms with van der Waals surface area (Å²) in [6.45, 7) is 1.78. The van der Waals surface area contributed by atoms with Crippen molar-refractivity contribution in [3.8, 4) is 0 Å². The molecule has 1 aliphatic rings. The predicted octanol–water partition coefficient (Wildman–Crippen LogP) is 1.39. The van der Waals surface area contributed by atoms with E-state index in [2.05, 4.69) is 15.3 Å². The van der Waals surface area contributed by atoms with Crippen LogP contribution in [-0.4, -0.2) is 25.1 Å². The van der Waals surface area contributed by atoms with Gasteiger partial charge in [-0.2, -0.15) is 0 Å². The highest BCUT2D eigenvalue weighted by molar-refractivity contribution is 6.30. The van der Waals surface area contributed by atoms with Gasteiger partial charge in [-0.1, -0.05) is 18.2 Å². The van der Waals surface area contributed by atoms with Gasteiger partial charge >= 0.3 is 0 Å². The van der Waals surface area contributed by atoms with Crippen molar-refractivity contribution in [1.82, 2.24) is 5.32 Å². The van der Waals surface area contributed by atoms with Crippen LogP contribution in [0.5, 0.6) is 0 Å². The maximum Gasteiger partial charge on any atom is 0.139 e. The van der Waals surface area contributed by atoms with Gasteiger partial charge in [0, 0.05) is 6.54 Å². The van der Waals surface area contributed by atoms with E-state index in [1.807, 2.05) is 30.3 Å². The summed E-state index contributed by atoms with van der Waals surface area (Å²) in [5, 5.41) is 3.13. The normalized spacial score (nSPS) is 15.8. The van der Waals surface area contributed by atoms with E-state index >= 15 is 0 Å². The Morgan fingerprint density at radius 3 is 2.85 bits per heavy atom. The zero-order valence-corrected chi connectivity index (χ0v) is 7.27. The molecule has 0 aliphatic carbocycles. The summed E-state index contributed by atoms with van der Waals surface area (Å²) in [6.07, 6.45) is 1.77. The molecule has 0 fully saturated rings. The van der Waals surface area contributed by atoms with Crippen LogP contribution in [0.1, 0.15) is 0 Å². The molecule has 0 bridgehead atoms. The maximum atomic E-state index is 4.27. The number of hydrogen-bond acceptors (Lipinski definition) is 3. The molecule has 1 aromatic carbocycles. The molecule has 1 aromatic rings. The van der Waals surface area contributed by atoms with Crippen LogP contribution in [0.2, 0.25) is 0 Å². The summed E-state index contributed by atoms with van der Waals surface area (Å²) in [7, 11) is 0. The minimum absolute atomic E-state index is 0.857. The molecule has 0 unspecified atom stereocenters. The van der Waals surface area contributed by atoms with Crippen LogP contribution in [-0.2, 0) is 0 Å². The lowest BCUT2D eigenvalue weighted by Gasteiger charge is -1.93. The lowest BCUT2D eigenvalue weighted by molar-refractivity contribution is 0.962. The third-order valence-electron chi connectivity index (χ3n) is 1.79. The number of nitrogens with zero attached hydrogens (tertiary/aromatic N) is 2. The Morgan fingerprint density at radius 1 is 1.31 bits per heavy atom. The van der Waals surface area contributed by atoms with Crippen molar-refractivity contribution < 1.29 is 0 Å². The topological polar surface area (TPSA) is 36.8 Å². The van der Waals surface area contributed by atoms with Gasteiger partial charge in [0.25, 0.3) is 0 Å². The Morgan fingerprint density at radius 2 is 2.15 bits per heavy atom. The second-order valence-electron chi connectivity index (χ2n) is 2.79. The first kappa shape index (κ1) is 7.98. The predicted molar refractivity (Wildman–Crippen MR) is 54.9 cm³/mol. The van der Waals surface area contributed by atoms with Crippen molar-refractivity contribution in [2.45, 2.75) is 0 Å². The zero-order valence-electron chi connectivity index (χ0n) is 7.27. The monoisotopic (exact) mass is 173 g/mol. The van der Waals surface area contributed by atoms with Crippen molar-refractivity contribution >= 4 is 17.7 Å². The molecule has 0 saturated carbocycles. The molecule has 0 aromatic heterocycles. The van der Waals surface area contributed by atoms with Gasteiger partial charge in [0.05, 0.1) is 18.4 Å². The van der Waals surface area contributed by atoms with Crippen molar-refractivity contribution in [2.24, 2.45) is 9.98 Å². The number of aliphatic imine (C=N–C) groups is 2. The van der Waals surface area contributed by atoms with E-state index in [4.69, 9.17) is 0 Å². The average Bonchev–Trinajstić information content (AvgIpc) is 2.69. The van der Waals surface area contributed by atoms with Gasteiger partial charge in [0.15, 0.2) is 0 Å². The lowest BCUT2D eigenvalue weighted by atomic mass is 10.3. The molecular weight excluding hydrogens is 162 g/mol. The fourth-order valence-electron chi connectivity index (χ4n) is 1.15. The first-order chi connectivity index (χ1) is 6.45. The molecule has 0 atom stereocenters. The molecular formula is C10H11N3. The van der Waals surface area contributed by atoms with Gasteiger partial charge in [0.1, 0.15) is 5.84 Å². The molecule has 3 nitrogen and oxygen atoms in total. The Labute approximate surface area is 77.2 Å². The largest absolute Gasteiger partial charge is 0.367 e. The molecule has 3 heteroatoms. The van der Waals surface area contributed by atoms with Gasteiger partial charge in [0.2, 0.25) is 0 Å². The molecule has 1 N–H and O–H groups in total. The fourth-order valence-corrected chi connectivity index (χ4v) is 1.15. The highest BCUT2D eigenvalue weighted by atomic mass is 15.1. The highest BCUT2D eigenvalue weighted by Gasteiger charge is 1.99. The van der Waals surface area contributed by atoms with E-state index in [1.54, 1.807) is 6.21 Å². The van der Waals surface area contributed by atoms with E-state index in [0.717, 1.165) is 24.6 Å². The van der Waals surface area contributed by atoms with Crippen molar-refractivity contribution in [3.63, 3.8) is 0 Å². The van der Waals surface area contributed by atoms with Gasteiger partial charge < -0.3 is 5.32 Å². The van der Waals surface area contributed by atoms with Gasteiger partial charge in [-0.3, -0.25) is 9.98 Å². The van der Waals surface area contributed by atoms with Crippen molar-refractivity contribution in [3.05, 3.63) is 30.3 Å². The number of hydrogen-bond donors (Lipinski definition) is 1. The summed E-state index contributed by atoms with van der Waals surface area (Å²) in [5.41, 5.74) is 0.957. The van der Waals surface area contributed by atoms with Crippen LogP contribution < -0.4 is 5.32 Å². The first-order valence-electron chi connectivity index (χ1n) is 4.32. The molecule has 0 radical (unpaired) electrons. The highest BCUT2D eigenvalue weighted by Crippen LogP contribution is 2.08. The minimum atomic E-state index is 0.857. The Bertz CT molecular complexity index is 327. The SMILES string of the molecule is C(=Nc1ccccc1)C1=NCCN1. The maximum absolute atomic E-state index is 4.27. The lowest BCUT2D eigenvalue weighted by Crippen LogP contribution is -2.19. The van der Waals surface area contributed by atoms with Gasteiger partial charge in [-0.05, 0) is 12.1 Å². The van der Waals surface area contributed by atoms with Crippen LogP contribution in [0.4, 0.5) is 5.69 Å². The molecule has 13 heavy (non-hydrogen) atoms. The Hall–Kier alpha value is -1.64. The molecule has 0 amide bonds. The minimum Gasteiger partial charge on any atom is -0.367 e. The third-order valence-corrected chi connectivity index (χ3v) is 1.79. The van der Waals surface area contributed by atoms with Crippen LogP contribution in [0.3, 0.4) is 0 Å². The number of nitrogens with one attached hydrogen (secondary N) is 1. The number of benzene rings is 1. The molecule has 0 saturated heterocycles. The van der Waals surface area contributed by atoms with E-state index in [0.29, 0.717) is 0 Å². The summed E-state index contributed by atoms with van der Waals surface area (Å²) in [4.78, 5) is 8.48. The van der Waals surface area contributed by atoms with E-state index in [9.17, 15) is 0 Å². The Kier molecular flexibility index (Phi) is 2.36. The second-order valence-corrected chi connectivity index (χ2v) is 2.79. The smallest absolute Gasteiger partial charge is 0.139 e.